The largest absolute Gasteiger partial charge is 0.493 e. The van der Waals surface area contributed by atoms with Gasteiger partial charge in [-0.1, -0.05) is 81.8 Å². The Morgan fingerprint density at radius 2 is 1.42 bits per heavy atom. The first-order valence-electron chi connectivity index (χ1n) is 9.40. The molecule has 0 fully saturated rings. The Hall–Kier alpha value is -1.96. The quantitative estimate of drug-likeness (QED) is 0.454. The van der Waals surface area contributed by atoms with Crippen LogP contribution in [-0.4, -0.2) is 6.61 Å². The van der Waals surface area contributed by atoms with E-state index in [1.807, 2.05) is 24.3 Å². The van der Waals surface area contributed by atoms with Crippen molar-refractivity contribution in [3.8, 4) is 5.75 Å². The lowest BCUT2D eigenvalue weighted by atomic mass is 10.1. The molecule has 1 N–H and O–H groups in total. The van der Waals surface area contributed by atoms with Gasteiger partial charge < -0.3 is 10.1 Å². The first kappa shape index (κ1) is 18.4. The third-order valence-electron chi connectivity index (χ3n) is 4.23. The highest BCUT2D eigenvalue weighted by atomic mass is 16.5. The zero-order valence-corrected chi connectivity index (χ0v) is 15.0. The maximum atomic E-state index is 6.01. The lowest BCUT2D eigenvalue weighted by Crippen LogP contribution is -2.04. The topological polar surface area (TPSA) is 21.3 Å². The average molecular weight is 325 g/mol. The zero-order chi connectivity index (χ0) is 16.9. The molecule has 2 aromatic rings. The number of ether oxygens (including phenoxy) is 1. The van der Waals surface area contributed by atoms with Crippen LogP contribution in [0.1, 0.15) is 57.4 Å². The molecule has 0 saturated carbocycles. The van der Waals surface area contributed by atoms with E-state index in [0.29, 0.717) is 0 Å². The number of hydrogen-bond acceptors (Lipinski definition) is 2. The molecule has 2 aromatic carbocycles. The summed E-state index contributed by atoms with van der Waals surface area (Å²) in [6, 6.07) is 18.6. The lowest BCUT2D eigenvalue weighted by molar-refractivity contribution is 0.301. The van der Waals surface area contributed by atoms with Gasteiger partial charge in [-0.3, -0.25) is 0 Å². The Morgan fingerprint density at radius 1 is 0.750 bits per heavy atom. The Kier molecular flexibility index (Phi) is 8.85. The molecule has 2 nitrogen and oxygen atoms in total. The summed E-state index contributed by atoms with van der Waals surface area (Å²) in [6.45, 7) is 3.87. The fraction of sp³-hybridized carbons (Fsp3) is 0.455. The van der Waals surface area contributed by atoms with Crippen molar-refractivity contribution in [1.29, 1.82) is 0 Å². The van der Waals surface area contributed by atoms with Gasteiger partial charge in [0.1, 0.15) is 5.75 Å². The average Bonchev–Trinajstić information content (AvgIpc) is 2.64. The van der Waals surface area contributed by atoms with Crippen LogP contribution in [0.4, 0.5) is 5.69 Å². The summed E-state index contributed by atoms with van der Waals surface area (Å²) in [7, 11) is 0. The minimum Gasteiger partial charge on any atom is -0.493 e. The van der Waals surface area contributed by atoms with E-state index in [4.69, 9.17) is 4.74 Å². The monoisotopic (exact) mass is 325 g/mol. The SMILES string of the molecule is CCCCCCCCCOc1ccccc1CNc1ccccc1. The number of hydrogen-bond donors (Lipinski definition) is 1. The van der Waals surface area contributed by atoms with Crippen molar-refractivity contribution in [3.05, 3.63) is 60.2 Å². The predicted molar refractivity (Wildman–Crippen MR) is 104 cm³/mol. The number of anilines is 1. The number of nitrogens with one attached hydrogen (secondary N) is 1. The summed E-state index contributed by atoms with van der Waals surface area (Å²) in [6.07, 6.45) is 9.19. The number of para-hydroxylation sites is 2. The Morgan fingerprint density at radius 3 is 2.21 bits per heavy atom. The normalized spacial score (nSPS) is 10.5. The van der Waals surface area contributed by atoms with Gasteiger partial charge in [0.2, 0.25) is 0 Å². The number of unbranched alkanes of at least 4 members (excludes halogenated alkanes) is 6. The van der Waals surface area contributed by atoms with Crippen molar-refractivity contribution in [3.63, 3.8) is 0 Å². The second-order valence-electron chi connectivity index (χ2n) is 6.30. The van der Waals surface area contributed by atoms with Gasteiger partial charge in [0, 0.05) is 17.8 Å². The van der Waals surface area contributed by atoms with E-state index in [1.54, 1.807) is 0 Å². The van der Waals surface area contributed by atoms with Gasteiger partial charge in [-0.05, 0) is 24.6 Å². The standard InChI is InChI=1S/C22H31NO/c1-2-3-4-5-6-7-13-18-24-22-17-12-11-14-20(22)19-23-21-15-9-8-10-16-21/h8-12,14-17,23H,2-7,13,18-19H2,1H3. The first-order valence-corrected chi connectivity index (χ1v) is 9.40. The van der Waals surface area contributed by atoms with Crippen LogP contribution >= 0.6 is 0 Å². The van der Waals surface area contributed by atoms with Crippen LogP contribution < -0.4 is 10.1 Å². The smallest absolute Gasteiger partial charge is 0.124 e. The predicted octanol–water partition coefficient (Wildman–Crippen LogP) is 6.43. The molecule has 0 radical (unpaired) electrons. The molecule has 0 aliphatic heterocycles. The summed E-state index contributed by atoms with van der Waals surface area (Å²) in [5.74, 6) is 1.01. The first-order chi connectivity index (χ1) is 11.9. The minimum atomic E-state index is 0.789. The van der Waals surface area contributed by atoms with Gasteiger partial charge in [0.05, 0.1) is 6.61 Å². The fourth-order valence-electron chi connectivity index (χ4n) is 2.79. The zero-order valence-electron chi connectivity index (χ0n) is 15.0. The summed E-state index contributed by atoms with van der Waals surface area (Å²) in [5, 5.41) is 3.45. The molecule has 130 valence electrons. The van der Waals surface area contributed by atoms with Gasteiger partial charge in [-0.15, -0.1) is 0 Å². The maximum Gasteiger partial charge on any atom is 0.124 e. The van der Waals surface area contributed by atoms with E-state index in [1.165, 1.54) is 44.1 Å². The third-order valence-corrected chi connectivity index (χ3v) is 4.23. The molecule has 0 aliphatic carbocycles. The van der Waals surface area contributed by atoms with Crippen LogP contribution in [0.25, 0.3) is 0 Å². The summed E-state index contributed by atoms with van der Waals surface area (Å²) >= 11 is 0. The highest BCUT2D eigenvalue weighted by molar-refractivity contribution is 5.44. The van der Waals surface area contributed by atoms with Gasteiger partial charge >= 0.3 is 0 Å². The van der Waals surface area contributed by atoms with Gasteiger partial charge in [0.25, 0.3) is 0 Å². The second kappa shape index (κ2) is 11.6. The molecule has 0 atom stereocenters. The molecule has 0 amide bonds. The Bertz CT molecular complexity index is 553. The molecule has 0 bridgehead atoms. The molecular formula is C22H31NO. The van der Waals surface area contributed by atoms with Crippen LogP contribution in [0.3, 0.4) is 0 Å². The van der Waals surface area contributed by atoms with Crippen molar-refractivity contribution in [2.45, 2.75) is 58.4 Å². The van der Waals surface area contributed by atoms with E-state index in [-0.39, 0.29) is 0 Å². The molecule has 2 heteroatoms. The fourth-order valence-corrected chi connectivity index (χ4v) is 2.79. The molecule has 0 spiro atoms. The second-order valence-corrected chi connectivity index (χ2v) is 6.30. The number of rotatable bonds is 12. The highest BCUT2D eigenvalue weighted by Gasteiger charge is 2.03. The molecular weight excluding hydrogens is 294 g/mol. The van der Waals surface area contributed by atoms with E-state index >= 15 is 0 Å². The number of benzene rings is 2. The van der Waals surface area contributed by atoms with Gasteiger partial charge in [0.15, 0.2) is 0 Å². The molecule has 2 rings (SSSR count). The summed E-state index contributed by atoms with van der Waals surface area (Å²) in [4.78, 5) is 0. The van der Waals surface area contributed by atoms with Crippen LogP contribution in [-0.2, 0) is 6.54 Å². The molecule has 0 aromatic heterocycles. The van der Waals surface area contributed by atoms with Crippen molar-refractivity contribution in [2.24, 2.45) is 0 Å². The van der Waals surface area contributed by atoms with Crippen LogP contribution in [0.5, 0.6) is 5.75 Å². The maximum absolute atomic E-state index is 6.01. The van der Waals surface area contributed by atoms with Crippen molar-refractivity contribution in [2.75, 3.05) is 11.9 Å². The molecule has 0 unspecified atom stereocenters. The van der Waals surface area contributed by atoms with Gasteiger partial charge in [-0.25, -0.2) is 0 Å². The van der Waals surface area contributed by atoms with Crippen LogP contribution in [0, 0.1) is 0 Å². The Labute approximate surface area is 147 Å². The molecule has 0 aliphatic rings. The van der Waals surface area contributed by atoms with E-state index < -0.39 is 0 Å². The molecule has 0 heterocycles. The summed E-state index contributed by atoms with van der Waals surface area (Å²) in [5.41, 5.74) is 2.35. The molecule has 24 heavy (non-hydrogen) atoms. The minimum absolute atomic E-state index is 0.789. The Balaban J connectivity index is 1.69. The van der Waals surface area contributed by atoms with Crippen molar-refractivity contribution >= 4 is 5.69 Å². The van der Waals surface area contributed by atoms with Gasteiger partial charge in [-0.2, -0.15) is 0 Å². The van der Waals surface area contributed by atoms with E-state index in [0.717, 1.165) is 31.0 Å². The third kappa shape index (κ3) is 7.08. The van der Waals surface area contributed by atoms with E-state index in [2.05, 4.69) is 42.6 Å². The summed E-state index contributed by atoms with van der Waals surface area (Å²) < 4.78 is 6.01. The highest BCUT2D eigenvalue weighted by Crippen LogP contribution is 2.20. The van der Waals surface area contributed by atoms with Crippen LogP contribution in [0.2, 0.25) is 0 Å². The lowest BCUT2D eigenvalue weighted by Gasteiger charge is -2.13. The molecule has 0 saturated heterocycles. The van der Waals surface area contributed by atoms with Crippen molar-refractivity contribution < 1.29 is 4.74 Å². The van der Waals surface area contributed by atoms with Crippen molar-refractivity contribution in [1.82, 2.24) is 0 Å². The van der Waals surface area contributed by atoms with E-state index in [9.17, 15) is 0 Å². The van der Waals surface area contributed by atoms with Crippen LogP contribution in [0.15, 0.2) is 54.6 Å².